The Morgan fingerprint density at radius 1 is 1.14 bits per heavy atom. The number of benzene rings is 1. The van der Waals surface area contributed by atoms with Gasteiger partial charge in [0.1, 0.15) is 10.7 Å². The van der Waals surface area contributed by atoms with Crippen molar-refractivity contribution in [2.75, 3.05) is 38.0 Å². The molecule has 0 amide bonds. The van der Waals surface area contributed by atoms with Crippen LogP contribution in [0.2, 0.25) is 0 Å². The van der Waals surface area contributed by atoms with E-state index in [1.54, 1.807) is 42.7 Å². The quantitative estimate of drug-likeness (QED) is 0.429. The number of rotatable bonds is 8. The van der Waals surface area contributed by atoms with E-state index >= 15 is 4.39 Å². The molecule has 3 aromatic rings. The van der Waals surface area contributed by atoms with E-state index in [0.717, 1.165) is 38.3 Å². The zero-order valence-corrected chi connectivity index (χ0v) is 22.4. The highest BCUT2D eigenvalue weighted by Crippen LogP contribution is 2.27. The first kappa shape index (κ1) is 25.7. The van der Waals surface area contributed by atoms with Gasteiger partial charge in [0.2, 0.25) is 5.88 Å². The highest BCUT2D eigenvalue weighted by molar-refractivity contribution is 9.10. The number of methoxy groups -OCH3 is 1. The van der Waals surface area contributed by atoms with E-state index in [1.165, 1.54) is 7.11 Å². The SMILES string of the molecule is COc1ncc(Br)cc1S(=O)Nc1ccnc(-c2ccc(CN3CCN(C(C)C)CC3)cc2F)c1. The lowest BCUT2D eigenvalue weighted by Gasteiger charge is -2.36. The first-order valence-electron chi connectivity index (χ1n) is 11.4. The first-order chi connectivity index (χ1) is 16.8. The average molecular weight is 563 g/mol. The van der Waals surface area contributed by atoms with Crippen molar-refractivity contribution < 1.29 is 13.3 Å². The third-order valence-corrected chi connectivity index (χ3v) is 7.55. The predicted molar refractivity (Wildman–Crippen MR) is 140 cm³/mol. The van der Waals surface area contributed by atoms with Gasteiger partial charge in [-0.3, -0.25) is 14.8 Å². The van der Waals surface area contributed by atoms with Crippen LogP contribution in [0.25, 0.3) is 11.3 Å². The summed E-state index contributed by atoms with van der Waals surface area (Å²) in [5.41, 5.74) is 2.34. The van der Waals surface area contributed by atoms with E-state index < -0.39 is 11.0 Å². The lowest BCUT2D eigenvalue weighted by molar-refractivity contribution is 0.104. The zero-order valence-electron chi connectivity index (χ0n) is 20.0. The van der Waals surface area contributed by atoms with Crippen LogP contribution in [0.1, 0.15) is 19.4 Å². The molecule has 2 aromatic heterocycles. The van der Waals surface area contributed by atoms with Crippen LogP contribution in [0.3, 0.4) is 0 Å². The lowest BCUT2D eigenvalue weighted by Crippen LogP contribution is -2.48. The molecule has 1 aliphatic rings. The highest BCUT2D eigenvalue weighted by atomic mass is 79.9. The summed E-state index contributed by atoms with van der Waals surface area (Å²) in [5.74, 6) is -0.0625. The second-order valence-corrected chi connectivity index (χ2v) is 10.8. The Morgan fingerprint density at radius 3 is 2.60 bits per heavy atom. The first-order valence-corrected chi connectivity index (χ1v) is 13.4. The van der Waals surface area contributed by atoms with E-state index in [2.05, 4.69) is 54.3 Å². The van der Waals surface area contributed by atoms with Crippen LogP contribution in [0.4, 0.5) is 10.1 Å². The van der Waals surface area contributed by atoms with E-state index in [0.29, 0.717) is 32.4 Å². The summed E-state index contributed by atoms with van der Waals surface area (Å²) in [7, 11) is -0.166. The molecular formula is C25H29BrFN5O2S. The molecule has 4 rings (SSSR count). The van der Waals surface area contributed by atoms with E-state index in [-0.39, 0.29) is 11.7 Å². The molecular weight excluding hydrogens is 533 g/mol. The molecule has 186 valence electrons. The fourth-order valence-electron chi connectivity index (χ4n) is 4.06. The molecule has 1 atom stereocenters. The lowest BCUT2D eigenvalue weighted by atomic mass is 10.1. The zero-order chi connectivity index (χ0) is 24.9. The van der Waals surface area contributed by atoms with Crippen LogP contribution >= 0.6 is 15.9 Å². The molecule has 0 bridgehead atoms. The number of halogens is 2. The molecule has 1 aliphatic heterocycles. The summed E-state index contributed by atoms with van der Waals surface area (Å²) < 4.78 is 36.8. The van der Waals surface area contributed by atoms with Crippen molar-refractivity contribution in [2.45, 2.75) is 31.3 Å². The minimum atomic E-state index is -1.64. The Labute approximate surface area is 216 Å². The Balaban J connectivity index is 1.46. The highest BCUT2D eigenvalue weighted by Gasteiger charge is 2.19. The molecule has 0 radical (unpaired) electrons. The maximum atomic E-state index is 15.1. The number of nitrogens with one attached hydrogen (secondary N) is 1. The summed E-state index contributed by atoms with van der Waals surface area (Å²) in [6, 6.07) is 10.9. The van der Waals surface area contributed by atoms with E-state index in [4.69, 9.17) is 4.74 Å². The van der Waals surface area contributed by atoms with Crippen LogP contribution in [0.5, 0.6) is 5.88 Å². The van der Waals surface area contributed by atoms with Gasteiger partial charge >= 0.3 is 0 Å². The minimum Gasteiger partial charge on any atom is -0.480 e. The molecule has 1 unspecified atom stereocenters. The molecule has 1 aromatic carbocycles. The van der Waals surface area contributed by atoms with Crippen LogP contribution in [0, 0.1) is 5.82 Å². The number of aromatic nitrogens is 2. The van der Waals surface area contributed by atoms with Gasteiger partial charge in [-0.2, -0.15) is 0 Å². The average Bonchev–Trinajstić information content (AvgIpc) is 2.84. The van der Waals surface area contributed by atoms with Gasteiger partial charge < -0.3 is 9.46 Å². The van der Waals surface area contributed by atoms with Gasteiger partial charge in [0.15, 0.2) is 11.0 Å². The normalized spacial score (nSPS) is 15.8. The van der Waals surface area contributed by atoms with Gasteiger partial charge in [0, 0.05) is 61.2 Å². The van der Waals surface area contributed by atoms with E-state index in [1.807, 2.05) is 6.07 Å². The molecule has 35 heavy (non-hydrogen) atoms. The van der Waals surface area contributed by atoms with Crippen LogP contribution in [-0.4, -0.2) is 63.3 Å². The predicted octanol–water partition coefficient (Wildman–Crippen LogP) is 4.71. The second kappa shape index (κ2) is 11.6. The van der Waals surface area contributed by atoms with Crippen LogP contribution in [-0.2, 0) is 17.5 Å². The summed E-state index contributed by atoms with van der Waals surface area (Å²) in [5, 5.41) is 0. The maximum absolute atomic E-state index is 15.1. The number of hydrogen-bond acceptors (Lipinski definition) is 6. The smallest absolute Gasteiger partial charge is 0.231 e. The molecule has 3 heterocycles. The standard InChI is InChI=1S/C25H29BrFN5O2S/c1-17(2)32-10-8-31(9-11-32)16-18-4-5-21(22(27)12-18)23-14-20(6-7-28-23)30-35(33)24-13-19(26)15-29-25(24)34-3/h4-7,12-15,17H,8-11,16H2,1-3H3,(H,28,30). The van der Waals surface area contributed by atoms with Crippen molar-refractivity contribution in [3.8, 4) is 17.1 Å². The molecule has 7 nitrogen and oxygen atoms in total. The van der Waals surface area contributed by atoms with Crippen LogP contribution < -0.4 is 9.46 Å². The maximum Gasteiger partial charge on any atom is 0.231 e. The van der Waals surface area contributed by atoms with Gasteiger partial charge in [-0.1, -0.05) is 6.07 Å². The van der Waals surface area contributed by atoms with Crippen molar-refractivity contribution in [3.63, 3.8) is 0 Å². The molecule has 0 saturated carbocycles. The second-order valence-electron chi connectivity index (χ2n) is 8.68. The van der Waals surface area contributed by atoms with Gasteiger partial charge in [-0.05, 0) is 65.7 Å². The Kier molecular flexibility index (Phi) is 8.48. The molecule has 1 fully saturated rings. The Morgan fingerprint density at radius 2 is 1.91 bits per heavy atom. The summed E-state index contributed by atoms with van der Waals surface area (Å²) in [6.45, 7) is 9.18. The number of piperazine rings is 1. The number of anilines is 1. The summed E-state index contributed by atoms with van der Waals surface area (Å²) in [6.07, 6.45) is 3.13. The van der Waals surface area contributed by atoms with Crippen molar-refractivity contribution in [3.05, 3.63) is 64.6 Å². The van der Waals surface area contributed by atoms with Gasteiger partial charge in [-0.15, -0.1) is 0 Å². The Bertz CT molecular complexity index is 1200. The minimum absolute atomic E-state index is 0.264. The van der Waals surface area contributed by atoms with Crippen molar-refractivity contribution >= 4 is 32.6 Å². The van der Waals surface area contributed by atoms with Crippen LogP contribution in [0.15, 0.2) is 58.2 Å². The molecule has 0 aliphatic carbocycles. The third-order valence-electron chi connectivity index (χ3n) is 6.00. The number of nitrogens with zero attached hydrogens (tertiary/aromatic N) is 4. The molecule has 1 saturated heterocycles. The Hall–Kier alpha value is -2.40. The number of ether oxygens (including phenoxy) is 1. The summed E-state index contributed by atoms with van der Waals surface area (Å²) in [4.78, 5) is 13.7. The monoisotopic (exact) mass is 561 g/mol. The molecule has 0 spiro atoms. The van der Waals surface area contributed by atoms with Crippen molar-refractivity contribution in [2.24, 2.45) is 0 Å². The molecule has 1 N–H and O–H groups in total. The van der Waals surface area contributed by atoms with E-state index in [9.17, 15) is 4.21 Å². The van der Waals surface area contributed by atoms with Gasteiger partial charge in [0.05, 0.1) is 18.5 Å². The third kappa shape index (κ3) is 6.43. The number of pyridine rings is 2. The van der Waals surface area contributed by atoms with Gasteiger partial charge in [-0.25, -0.2) is 13.6 Å². The van der Waals surface area contributed by atoms with Gasteiger partial charge in [0.25, 0.3) is 0 Å². The van der Waals surface area contributed by atoms with Crippen molar-refractivity contribution in [1.29, 1.82) is 0 Å². The fraction of sp³-hybridized carbons (Fsp3) is 0.360. The van der Waals surface area contributed by atoms with Crippen molar-refractivity contribution in [1.82, 2.24) is 19.8 Å². The number of hydrogen-bond donors (Lipinski definition) is 1. The topological polar surface area (TPSA) is 70.6 Å². The fourth-order valence-corrected chi connectivity index (χ4v) is 5.52. The molecule has 10 heteroatoms. The largest absolute Gasteiger partial charge is 0.480 e. The summed E-state index contributed by atoms with van der Waals surface area (Å²) >= 11 is 3.34.